The summed E-state index contributed by atoms with van der Waals surface area (Å²) < 4.78 is 2.41. The van der Waals surface area contributed by atoms with Crippen molar-refractivity contribution in [3.8, 4) is 0 Å². The van der Waals surface area contributed by atoms with Crippen LogP contribution in [0.25, 0.3) is 10.8 Å². The Kier molecular flexibility index (Phi) is 2.37. The van der Waals surface area contributed by atoms with Gasteiger partial charge in [0.2, 0.25) is 0 Å². The molecule has 0 saturated carbocycles. The molecule has 0 amide bonds. The fourth-order valence-electron chi connectivity index (χ4n) is 1.19. The summed E-state index contributed by atoms with van der Waals surface area (Å²) in [5.41, 5.74) is 0. The van der Waals surface area contributed by atoms with Gasteiger partial charge in [-0.05, 0) is 57.6 Å². The molecule has 0 radical (unpaired) electrons. The Morgan fingerprint density at radius 3 is 2.50 bits per heavy atom. The van der Waals surface area contributed by atoms with Crippen molar-refractivity contribution in [3.05, 3.63) is 44.4 Å². The SMILES string of the molecule is Brc1ccc2ccc(I)cc2c1. The maximum atomic E-state index is 3.45. The average molecular weight is 333 g/mol. The first kappa shape index (κ1) is 8.51. The minimum absolute atomic E-state index is 1.14. The third-order valence-corrected chi connectivity index (χ3v) is 2.93. The number of fused-ring (bicyclic) bond motifs is 1. The Morgan fingerprint density at radius 1 is 0.917 bits per heavy atom. The van der Waals surface area contributed by atoms with Crippen LogP contribution in [0, 0.1) is 3.57 Å². The lowest BCUT2D eigenvalue weighted by Crippen LogP contribution is -1.74. The van der Waals surface area contributed by atoms with Crippen LogP contribution in [0.3, 0.4) is 0 Å². The molecule has 0 aromatic heterocycles. The van der Waals surface area contributed by atoms with Crippen LogP contribution in [0.1, 0.15) is 0 Å². The highest BCUT2D eigenvalue weighted by Gasteiger charge is 1.94. The lowest BCUT2D eigenvalue weighted by Gasteiger charge is -1.98. The molecule has 0 N–H and O–H groups in total. The Hall–Kier alpha value is -0.0900. The molecule has 2 aromatic carbocycles. The summed E-state index contributed by atoms with van der Waals surface area (Å²) in [5, 5.41) is 2.58. The predicted molar refractivity (Wildman–Crippen MR) is 64.4 cm³/mol. The third-order valence-electron chi connectivity index (χ3n) is 1.76. The van der Waals surface area contributed by atoms with E-state index in [1.807, 2.05) is 0 Å². The number of benzene rings is 2. The van der Waals surface area contributed by atoms with E-state index in [4.69, 9.17) is 0 Å². The van der Waals surface area contributed by atoms with Gasteiger partial charge in [-0.2, -0.15) is 0 Å². The molecule has 0 unspecified atom stereocenters. The maximum Gasteiger partial charge on any atom is 0.0181 e. The largest absolute Gasteiger partial charge is 0.0533 e. The third kappa shape index (κ3) is 1.64. The normalized spacial score (nSPS) is 10.5. The van der Waals surface area contributed by atoms with Crippen molar-refractivity contribution in [2.24, 2.45) is 0 Å². The monoisotopic (exact) mass is 332 g/mol. The molecule has 2 aromatic rings. The lowest BCUT2D eigenvalue weighted by atomic mass is 10.1. The van der Waals surface area contributed by atoms with Gasteiger partial charge in [0.05, 0.1) is 0 Å². The molecular weight excluding hydrogens is 327 g/mol. The van der Waals surface area contributed by atoms with Gasteiger partial charge in [0, 0.05) is 8.04 Å². The fourth-order valence-corrected chi connectivity index (χ4v) is 2.08. The first-order valence-corrected chi connectivity index (χ1v) is 5.48. The summed E-state index contributed by atoms with van der Waals surface area (Å²) in [7, 11) is 0. The molecule has 0 aliphatic carbocycles. The summed E-state index contributed by atoms with van der Waals surface area (Å²) in [5.74, 6) is 0. The second kappa shape index (κ2) is 3.34. The Balaban J connectivity index is 2.80. The van der Waals surface area contributed by atoms with Crippen LogP contribution in [0.2, 0.25) is 0 Å². The first-order chi connectivity index (χ1) is 5.75. The second-order valence-electron chi connectivity index (χ2n) is 2.64. The molecule has 60 valence electrons. The van der Waals surface area contributed by atoms with E-state index in [2.05, 4.69) is 74.9 Å². The number of hydrogen-bond donors (Lipinski definition) is 0. The highest BCUT2D eigenvalue weighted by molar-refractivity contribution is 14.1. The van der Waals surface area contributed by atoms with E-state index >= 15 is 0 Å². The highest BCUT2D eigenvalue weighted by atomic mass is 127. The van der Waals surface area contributed by atoms with Gasteiger partial charge >= 0.3 is 0 Å². The van der Waals surface area contributed by atoms with Gasteiger partial charge in [-0.3, -0.25) is 0 Å². The topological polar surface area (TPSA) is 0 Å². The summed E-state index contributed by atoms with van der Waals surface area (Å²) in [6.45, 7) is 0. The fraction of sp³-hybridized carbons (Fsp3) is 0. The van der Waals surface area contributed by atoms with Crippen molar-refractivity contribution in [3.63, 3.8) is 0 Å². The summed E-state index contributed by atoms with van der Waals surface area (Å²) in [4.78, 5) is 0. The van der Waals surface area contributed by atoms with Crippen molar-refractivity contribution < 1.29 is 0 Å². The molecule has 0 fully saturated rings. The second-order valence-corrected chi connectivity index (χ2v) is 4.80. The molecule has 0 atom stereocenters. The molecule has 0 bridgehead atoms. The van der Waals surface area contributed by atoms with Crippen LogP contribution < -0.4 is 0 Å². The van der Waals surface area contributed by atoms with Crippen LogP contribution in [-0.2, 0) is 0 Å². The molecule has 0 saturated heterocycles. The molecule has 12 heavy (non-hydrogen) atoms. The van der Waals surface area contributed by atoms with E-state index in [1.165, 1.54) is 14.3 Å². The molecule has 2 heteroatoms. The van der Waals surface area contributed by atoms with E-state index in [9.17, 15) is 0 Å². The lowest BCUT2D eigenvalue weighted by molar-refractivity contribution is 1.67. The summed E-state index contributed by atoms with van der Waals surface area (Å²) in [6, 6.07) is 12.8. The Labute approximate surface area is 93.2 Å². The molecule has 0 aliphatic rings. The van der Waals surface area contributed by atoms with Crippen molar-refractivity contribution in [2.75, 3.05) is 0 Å². The smallest absolute Gasteiger partial charge is 0.0181 e. The van der Waals surface area contributed by atoms with Crippen LogP contribution in [0.15, 0.2) is 40.9 Å². The van der Waals surface area contributed by atoms with Crippen molar-refractivity contribution in [1.82, 2.24) is 0 Å². The molecule has 0 heterocycles. The zero-order chi connectivity index (χ0) is 8.55. The Bertz CT molecular complexity index is 386. The molecular formula is C10H6BrI. The standard InChI is InChI=1S/C10H6BrI/c11-9-3-1-7-2-4-10(12)6-8(7)5-9/h1-6H. The van der Waals surface area contributed by atoms with Gasteiger partial charge in [0.25, 0.3) is 0 Å². The van der Waals surface area contributed by atoms with Gasteiger partial charge in [-0.1, -0.05) is 28.1 Å². The Morgan fingerprint density at radius 2 is 1.67 bits per heavy atom. The van der Waals surface area contributed by atoms with E-state index in [1.54, 1.807) is 0 Å². The van der Waals surface area contributed by atoms with Crippen LogP contribution in [-0.4, -0.2) is 0 Å². The van der Waals surface area contributed by atoms with Crippen LogP contribution in [0.4, 0.5) is 0 Å². The highest BCUT2D eigenvalue weighted by Crippen LogP contribution is 2.21. The predicted octanol–water partition coefficient (Wildman–Crippen LogP) is 4.21. The van der Waals surface area contributed by atoms with E-state index in [-0.39, 0.29) is 0 Å². The molecule has 0 aliphatic heterocycles. The van der Waals surface area contributed by atoms with Crippen molar-refractivity contribution in [2.45, 2.75) is 0 Å². The minimum atomic E-state index is 1.14. The van der Waals surface area contributed by atoms with Gasteiger partial charge in [-0.15, -0.1) is 0 Å². The van der Waals surface area contributed by atoms with Crippen LogP contribution >= 0.6 is 38.5 Å². The van der Waals surface area contributed by atoms with Gasteiger partial charge in [0.15, 0.2) is 0 Å². The van der Waals surface area contributed by atoms with Gasteiger partial charge < -0.3 is 0 Å². The zero-order valence-corrected chi connectivity index (χ0v) is 9.96. The van der Waals surface area contributed by atoms with Crippen molar-refractivity contribution >= 4 is 49.3 Å². The van der Waals surface area contributed by atoms with E-state index < -0.39 is 0 Å². The van der Waals surface area contributed by atoms with Crippen molar-refractivity contribution in [1.29, 1.82) is 0 Å². The van der Waals surface area contributed by atoms with Gasteiger partial charge in [0.1, 0.15) is 0 Å². The summed E-state index contributed by atoms with van der Waals surface area (Å²) in [6.07, 6.45) is 0. The minimum Gasteiger partial charge on any atom is -0.0533 e. The summed E-state index contributed by atoms with van der Waals surface area (Å²) >= 11 is 5.78. The van der Waals surface area contributed by atoms with E-state index in [0.29, 0.717) is 0 Å². The number of rotatable bonds is 0. The molecule has 0 nitrogen and oxygen atoms in total. The molecule has 0 spiro atoms. The average Bonchev–Trinajstić information content (AvgIpc) is 2.03. The van der Waals surface area contributed by atoms with Crippen LogP contribution in [0.5, 0.6) is 0 Å². The molecule has 2 rings (SSSR count). The number of hydrogen-bond acceptors (Lipinski definition) is 0. The zero-order valence-electron chi connectivity index (χ0n) is 6.22. The van der Waals surface area contributed by atoms with E-state index in [0.717, 1.165) is 4.47 Å². The maximum absolute atomic E-state index is 3.45. The van der Waals surface area contributed by atoms with Gasteiger partial charge in [-0.25, -0.2) is 0 Å². The quantitative estimate of drug-likeness (QED) is 0.634. The number of halogens is 2. The first-order valence-electron chi connectivity index (χ1n) is 3.60.